The molecule has 0 radical (unpaired) electrons. The molecule has 1 aromatic heterocycles. The third kappa shape index (κ3) is 1.10. The lowest BCUT2D eigenvalue weighted by atomic mass is 10.4. The summed E-state index contributed by atoms with van der Waals surface area (Å²) in [5, 5.41) is 0. The van der Waals surface area contributed by atoms with E-state index in [1.807, 2.05) is 0 Å². The van der Waals surface area contributed by atoms with Gasteiger partial charge in [-0.05, 0) is 13.8 Å². The van der Waals surface area contributed by atoms with Crippen LogP contribution in [0.3, 0.4) is 0 Å². The topological polar surface area (TPSA) is 25.8 Å². The van der Waals surface area contributed by atoms with E-state index in [-0.39, 0.29) is 11.4 Å². The Morgan fingerprint density at radius 2 is 1.20 bits per heavy atom. The van der Waals surface area contributed by atoms with Crippen molar-refractivity contribution in [1.82, 2.24) is 9.97 Å². The van der Waals surface area contributed by atoms with Gasteiger partial charge in [0, 0.05) is 0 Å². The van der Waals surface area contributed by atoms with Crippen LogP contribution in [0.4, 0.5) is 8.78 Å². The van der Waals surface area contributed by atoms with Crippen molar-refractivity contribution >= 4 is 0 Å². The van der Waals surface area contributed by atoms with Gasteiger partial charge in [0.1, 0.15) is 0 Å². The molecule has 0 fully saturated rings. The first-order valence-electron chi connectivity index (χ1n) is 2.77. The highest BCUT2D eigenvalue weighted by Gasteiger charge is 2.05. The minimum atomic E-state index is -0.709. The summed E-state index contributed by atoms with van der Waals surface area (Å²) in [7, 11) is 0. The quantitative estimate of drug-likeness (QED) is 0.549. The Kier molecular flexibility index (Phi) is 1.61. The summed E-state index contributed by atoms with van der Waals surface area (Å²) in [5.74, 6) is -1.42. The van der Waals surface area contributed by atoms with Crippen LogP contribution in [-0.2, 0) is 0 Å². The van der Waals surface area contributed by atoms with Crippen LogP contribution in [0.5, 0.6) is 0 Å². The molecule has 0 saturated carbocycles. The minimum absolute atomic E-state index is 0.0110. The molecule has 0 spiro atoms. The van der Waals surface area contributed by atoms with Crippen LogP contribution in [0.2, 0.25) is 0 Å². The molecule has 0 bridgehead atoms. The molecule has 0 aromatic carbocycles. The predicted molar refractivity (Wildman–Crippen MR) is 31.4 cm³/mol. The first-order chi connectivity index (χ1) is 4.61. The molecule has 0 aliphatic heterocycles. The monoisotopic (exact) mass is 144 g/mol. The maximum atomic E-state index is 12.4. The molecular formula is C6H6F2N2. The largest absolute Gasteiger partial charge is 0.234 e. The second-order valence-electron chi connectivity index (χ2n) is 1.98. The molecule has 54 valence electrons. The van der Waals surface area contributed by atoms with Crippen molar-refractivity contribution < 1.29 is 8.78 Å². The Hall–Kier alpha value is -1.06. The molecule has 1 rings (SSSR count). The summed E-state index contributed by atoms with van der Waals surface area (Å²) in [4.78, 5) is 6.54. The second kappa shape index (κ2) is 2.28. The molecule has 0 unspecified atom stereocenters. The number of hydrogen-bond acceptors (Lipinski definition) is 2. The molecule has 1 aromatic rings. The summed E-state index contributed by atoms with van der Waals surface area (Å²) < 4.78 is 24.8. The summed E-state index contributed by atoms with van der Waals surface area (Å²) in [6, 6.07) is 0. The van der Waals surface area contributed by atoms with E-state index < -0.39 is 11.9 Å². The summed E-state index contributed by atoms with van der Waals surface area (Å²) in [5.41, 5.74) is -0.0220. The maximum Gasteiger partial charge on any atom is 0.234 e. The third-order valence-corrected chi connectivity index (χ3v) is 1.13. The van der Waals surface area contributed by atoms with Crippen LogP contribution in [-0.4, -0.2) is 9.97 Å². The van der Waals surface area contributed by atoms with Gasteiger partial charge in [-0.25, -0.2) is 9.97 Å². The van der Waals surface area contributed by atoms with Gasteiger partial charge in [-0.3, -0.25) is 0 Å². The third-order valence-electron chi connectivity index (χ3n) is 1.13. The molecular weight excluding hydrogens is 138 g/mol. The fraction of sp³-hybridized carbons (Fsp3) is 0.333. The number of aryl methyl sites for hydroxylation is 2. The fourth-order valence-electron chi connectivity index (χ4n) is 0.549. The Labute approximate surface area is 56.9 Å². The standard InChI is InChI=1S/C6H6F2N2/c1-3-5(7)10-4(2)6(8)9-3/h1-2H3. The van der Waals surface area contributed by atoms with Gasteiger partial charge in [-0.2, -0.15) is 8.78 Å². The van der Waals surface area contributed by atoms with Gasteiger partial charge in [0.2, 0.25) is 11.9 Å². The normalized spacial score (nSPS) is 10.0. The van der Waals surface area contributed by atoms with E-state index in [4.69, 9.17) is 0 Å². The van der Waals surface area contributed by atoms with E-state index in [2.05, 4.69) is 9.97 Å². The number of halogens is 2. The molecule has 0 saturated heterocycles. The van der Waals surface area contributed by atoms with E-state index in [0.717, 1.165) is 0 Å². The van der Waals surface area contributed by atoms with Gasteiger partial charge >= 0.3 is 0 Å². The zero-order valence-corrected chi connectivity index (χ0v) is 5.65. The van der Waals surface area contributed by atoms with Crippen molar-refractivity contribution in [3.63, 3.8) is 0 Å². The van der Waals surface area contributed by atoms with Crippen molar-refractivity contribution in [1.29, 1.82) is 0 Å². The second-order valence-corrected chi connectivity index (χ2v) is 1.98. The SMILES string of the molecule is Cc1nc(F)c(C)nc1F. The minimum Gasteiger partial charge on any atom is -0.219 e. The van der Waals surface area contributed by atoms with E-state index >= 15 is 0 Å². The molecule has 0 aliphatic carbocycles. The molecule has 0 aliphatic rings. The Morgan fingerprint density at radius 1 is 0.900 bits per heavy atom. The van der Waals surface area contributed by atoms with Crippen LogP contribution < -0.4 is 0 Å². The summed E-state index contributed by atoms with van der Waals surface area (Å²) >= 11 is 0. The number of nitrogens with zero attached hydrogens (tertiary/aromatic N) is 2. The van der Waals surface area contributed by atoms with Crippen molar-refractivity contribution in [3.05, 3.63) is 23.3 Å². The Morgan fingerprint density at radius 3 is 1.50 bits per heavy atom. The van der Waals surface area contributed by atoms with E-state index in [0.29, 0.717) is 0 Å². The zero-order valence-electron chi connectivity index (χ0n) is 5.65. The average Bonchev–Trinajstić information content (AvgIpc) is 1.84. The molecule has 0 atom stereocenters. The highest BCUT2D eigenvalue weighted by Crippen LogP contribution is 2.03. The van der Waals surface area contributed by atoms with Gasteiger partial charge in [0.25, 0.3) is 0 Å². The molecule has 0 amide bonds. The Bertz CT molecular complexity index is 210. The molecule has 0 N–H and O–H groups in total. The maximum absolute atomic E-state index is 12.4. The van der Waals surface area contributed by atoms with E-state index in [1.54, 1.807) is 0 Å². The van der Waals surface area contributed by atoms with E-state index in [9.17, 15) is 8.78 Å². The predicted octanol–water partition coefficient (Wildman–Crippen LogP) is 1.37. The van der Waals surface area contributed by atoms with Crippen LogP contribution in [0, 0.1) is 25.7 Å². The Balaban J connectivity index is 3.28. The van der Waals surface area contributed by atoms with Crippen LogP contribution in [0.1, 0.15) is 11.4 Å². The van der Waals surface area contributed by atoms with Crippen molar-refractivity contribution in [2.75, 3.05) is 0 Å². The lowest BCUT2D eigenvalue weighted by Gasteiger charge is -1.96. The zero-order chi connectivity index (χ0) is 7.72. The molecule has 10 heavy (non-hydrogen) atoms. The fourth-order valence-corrected chi connectivity index (χ4v) is 0.549. The van der Waals surface area contributed by atoms with Gasteiger partial charge in [-0.15, -0.1) is 0 Å². The van der Waals surface area contributed by atoms with Crippen molar-refractivity contribution in [3.8, 4) is 0 Å². The highest BCUT2D eigenvalue weighted by molar-refractivity contribution is 5.02. The highest BCUT2D eigenvalue weighted by atomic mass is 19.1. The van der Waals surface area contributed by atoms with Gasteiger partial charge in [-0.1, -0.05) is 0 Å². The first kappa shape index (κ1) is 7.05. The van der Waals surface area contributed by atoms with Crippen molar-refractivity contribution in [2.45, 2.75) is 13.8 Å². The van der Waals surface area contributed by atoms with Crippen LogP contribution >= 0.6 is 0 Å². The van der Waals surface area contributed by atoms with Gasteiger partial charge < -0.3 is 0 Å². The molecule has 4 heteroatoms. The summed E-state index contributed by atoms with van der Waals surface area (Å²) in [6.45, 7) is 2.73. The number of hydrogen-bond donors (Lipinski definition) is 0. The molecule has 2 nitrogen and oxygen atoms in total. The summed E-state index contributed by atoms with van der Waals surface area (Å²) in [6.07, 6.45) is 0. The van der Waals surface area contributed by atoms with Gasteiger partial charge in [0.15, 0.2) is 0 Å². The van der Waals surface area contributed by atoms with E-state index in [1.165, 1.54) is 13.8 Å². The lowest BCUT2D eigenvalue weighted by molar-refractivity contribution is 0.506. The van der Waals surface area contributed by atoms with Crippen LogP contribution in [0.15, 0.2) is 0 Å². The smallest absolute Gasteiger partial charge is 0.219 e. The first-order valence-corrected chi connectivity index (χ1v) is 2.77. The van der Waals surface area contributed by atoms with Crippen LogP contribution in [0.25, 0.3) is 0 Å². The average molecular weight is 144 g/mol. The van der Waals surface area contributed by atoms with Crippen molar-refractivity contribution in [2.24, 2.45) is 0 Å². The number of rotatable bonds is 0. The molecule has 1 heterocycles. The lowest BCUT2D eigenvalue weighted by Crippen LogP contribution is -1.99. The van der Waals surface area contributed by atoms with Gasteiger partial charge in [0.05, 0.1) is 11.4 Å². The number of aromatic nitrogens is 2.